The van der Waals surface area contributed by atoms with Gasteiger partial charge in [-0.3, -0.25) is 9.69 Å². The molecular weight excluding hydrogens is 382 g/mol. The normalized spacial score (nSPS) is 21.8. The lowest BCUT2D eigenvalue weighted by Gasteiger charge is -2.41. The number of nitrogens with one attached hydrogen (secondary N) is 1. The van der Waals surface area contributed by atoms with E-state index in [1.165, 1.54) is 25.9 Å². The van der Waals surface area contributed by atoms with Crippen LogP contribution < -0.4 is 11.1 Å². The molecule has 2 fully saturated rings. The predicted molar refractivity (Wildman–Crippen MR) is 116 cm³/mol. The van der Waals surface area contributed by atoms with Gasteiger partial charge >= 0.3 is 6.09 Å². The zero-order valence-corrected chi connectivity index (χ0v) is 18.2. The highest BCUT2D eigenvalue weighted by molar-refractivity contribution is 5.94. The molecule has 2 amide bonds. The minimum Gasteiger partial charge on any atom is -0.448 e. The highest BCUT2D eigenvalue weighted by Gasteiger charge is 2.29. The Bertz CT molecular complexity index is 703. The number of aromatic nitrogens is 1. The van der Waals surface area contributed by atoms with Crippen LogP contribution >= 0.6 is 0 Å². The van der Waals surface area contributed by atoms with E-state index in [2.05, 4.69) is 22.1 Å². The molecule has 2 aliphatic rings. The zero-order chi connectivity index (χ0) is 21.5. The largest absolute Gasteiger partial charge is 0.448 e. The molecule has 3 N–H and O–H groups in total. The fourth-order valence-electron chi connectivity index (χ4n) is 4.43. The van der Waals surface area contributed by atoms with Crippen molar-refractivity contribution in [3.63, 3.8) is 0 Å². The summed E-state index contributed by atoms with van der Waals surface area (Å²) < 4.78 is 4.85. The first-order valence-corrected chi connectivity index (χ1v) is 11.1. The average Bonchev–Trinajstić information content (AvgIpc) is 2.76. The second kappa shape index (κ2) is 10.6. The molecule has 1 aromatic heterocycles. The van der Waals surface area contributed by atoms with Crippen molar-refractivity contribution in [3.8, 4) is 0 Å². The van der Waals surface area contributed by atoms with Crippen molar-refractivity contribution in [1.29, 1.82) is 0 Å². The van der Waals surface area contributed by atoms with Crippen LogP contribution in [0, 0.1) is 5.92 Å². The number of anilines is 1. The van der Waals surface area contributed by atoms with E-state index in [1.807, 2.05) is 11.8 Å². The molecule has 30 heavy (non-hydrogen) atoms. The molecule has 1 aromatic rings. The molecule has 166 valence electrons. The number of amides is 2. The van der Waals surface area contributed by atoms with Gasteiger partial charge in [-0.2, -0.15) is 0 Å². The van der Waals surface area contributed by atoms with Gasteiger partial charge < -0.3 is 20.7 Å². The van der Waals surface area contributed by atoms with E-state index >= 15 is 0 Å². The van der Waals surface area contributed by atoms with E-state index in [4.69, 9.17) is 10.5 Å². The lowest BCUT2D eigenvalue weighted by atomic mass is 9.95. The molecule has 0 saturated carbocycles. The summed E-state index contributed by atoms with van der Waals surface area (Å²) in [5, 5.41) is 3.20. The third kappa shape index (κ3) is 6.08. The minimum atomic E-state index is -0.789. The first-order valence-electron chi connectivity index (χ1n) is 11.1. The molecule has 2 saturated heterocycles. The second-order valence-corrected chi connectivity index (χ2v) is 8.58. The average molecular weight is 418 g/mol. The van der Waals surface area contributed by atoms with Crippen LogP contribution in [0.4, 0.5) is 10.6 Å². The zero-order valence-electron chi connectivity index (χ0n) is 18.2. The van der Waals surface area contributed by atoms with Crippen molar-refractivity contribution in [2.24, 2.45) is 11.7 Å². The van der Waals surface area contributed by atoms with Gasteiger partial charge in [-0.05, 0) is 56.7 Å². The lowest BCUT2D eigenvalue weighted by Crippen LogP contribution is -2.49. The summed E-state index contributed by atoms with van der Waals surface area (Å²) in [4.78, 5) is 32.6. The smallest absolute Gasteiger partial charge is 0.404 e. The number of carbonyl (C=O) groups excluding carboxylic acids is 2. The number of likely N-dealkylation sites (tertiary alicyclic amines) is 2. The Kier molecular flexibility index (Phi) is 7.90. The lowest BCUT2D eigenvalue weighted by molar-refractivity contribution is 0.0541. The van der Waals surface area contributed by atoms with Gasteiger partial charge in [0.1, 0.15) is 12.4 Å². The molecule has 8 nitrogen and oxygen atoms in total. The van der Waals surface area contributed by atoms with Crippen LogP contribution in [0.3, 0.4) is 0 Å². The van der Waals surface area contributed by atoms with Crippen molar-refractivity contribution >= 4 is 17.8 Å². The molecule has 0 spiro atoms. The van der Waals surface area contributed by atoms with Crippen molar-refractivity contribution in [1.82, 2.24) is 14.8 Å². The van der Waals surface area contributed by atoms with Crippen molar-refractivity contribution in [2.75, 3.05) is 38.1 Å². The number of hydrogen-bond acceptors (Lipinski definition) is 6. The number of pyridine rings is 1. The maximum absolute atomic E-state index is 12.9. The Morgan fingerprint density at radius 1 is 1.27 bits per heavy atom. The Labute approximate surface area is 179 Å². The standard InChI is InChI=1S/C22H35N5O3/c1-3-18(15-30-22(23)29)25-20-7-6-17(13-24-20)21(28)26-11-8-19(9-12-26)27-10-4-5-16(2)14-27/h6-7,13,16,18-19H,3-5,8-12,14-15H2,1-2H3,(H2,23,29)(H,24,25)/t16-,18?/m1/s1. The number of nitrogens with two attached hydrogens (primary N) is 1. The summed E-state index contributed by atoms with van der Waals surface area (Å²) in [6.07, 6.45) is 6.30. The summed E-state index contributed by atoms with van der Waals surface area (Å²) in [5.41, 5.74) is 5.62. The van der Waals surface area contributed by atoms with Crippen LogP contribution in [0.1, 0.15) is 56.3 Å². The summed E-state index contributed by atoms with van der Waals surface area (Å²) in [5.74, 6) is 1.47. The first kappa shape index (κ1) is 22.3. The van der Waals surface area contributed by atoms with Crippen molar-refractivity contribution < 1.29 is 14.3 Å². The van der Waals surface area contributed by atoms with Crippen molar-refractivity contribution in [3.05, 3.63) is 23.9 Å². The quantitative estimate of drug-likeness (QED) is 0.707. The van der Waals surface area contributed by atoms with Crippen molar-refractivity contribution in [2.45, 2.75) is 58.0 Å². The van der Waals surface area contributed by atoms with Crippen LogP contribution in [0.15, 0.2) is 18.3 Å². The van der Waals surface area contributed by atoms with Gasteiger partial charge in [-0.1, -0.05) is 13.8 Å². The number of carbonyl (C=O) groups is 2. The molecule has 0 bridgehead atoms. The third-order valence-corrected chi connectivity index (χ3v) is 6.24. The monoisotopic (exact) mass is 417 g/mol. The fourth-order valence-corrected chi connectivity index (χ4v) is 4.43. The summed E-state index contributed by atoms with van der Waals surface area (Å²) >= 11 is 0. The molecule has 3 rings (SSSR count). The number of ether oxygens (including phenoxy) is 1. The van der Waals surface area contributed by atoms with Crippen LogP contribution in [0.5, 0.6) is 0 Å². The Morgan fingerprint density at radius 3 is 2.63 bits per heavy atom. The molecule has 0 radical (unpaired) electrons. The van der Waals surface area contributed by atoms with Gasteiger partial charge in [0.25, 0.3) is 5.91 Å². The number of nitrogens with zero attached hydrogens (tertiary/aromatic N) is 3. The van der Waals surface area contributed by atoms with Gasteiger partial charge in [0, 0.05) is 31.9 Å². The topological polar surface area (TPSA) is 101 Å². The van der Waals surface area contributed by atoms with Crippen LogP contribution in [0.25, 0.3) is 0 Å². The minimum absolute atomic E-state index is 0.0450. The molecule has 2 atom stereocenters. The van der Waals surface area contributed by atoms with Gasteiger partial charge in [-0.25, -0.2) is 9.78 Å². The molecule has 1 unspecified atom stereocenters. The summed E-state index contributed by atoms with van der Waals surface area (Å²) in [7, 11) is 0. The van der Waals surface area contributed by atoms with E-state index in [-0.39, 0.29) is 18.6 Å². The Morgan fingerprint density at radius 2 is 2.03 bits per heavy atom. The van der Waals surface area contributed by atoms with Gasteiger partial charge in [0.2, 0.25) is 0 Å². The van der Waals surface area contributed by atoms with E-state index in [0.29, 0.717) is 17.4 Å². The Hall–Kier alpha value is -2.35. The second-order valence-electron chi connectivity index (χ2n) is 8.58. The molecular formula is C22H35N5O3. The number of hydrogen-bond donors (Lipinski definition) is 2. The number of primary amides is 1. The Balaban J connectivity index is 1.49. The molecule has 8 heteroatoms. The summed E-state index contributed by atoms with van der Waals surface area (Å²) in [6.45, 7) is 8.50. The molecule has 0 aliphatic carbocycles. The van der Waals surface area contributed by atoms with Gasteiger partial charge in [-0.15, -0.1) is 0 Å². The maximum Gasteiger partial charge on any atom is 0.404 e. The van der Waals surface area contributed by atoms with Crippen LogP contribution in [-0.2, 0) is 4.74 Å². The van der Waals surface area contributed by atoms with Crippen LogP contribution in [0.2, 0.25) is 0 Å². The van der Waals surface area contributed by atoms with E-state index in [9.17, 15) is 9.59 Å². The first-order chi connectivity index (χ1) is 14.5. The van der Waals surface area contributed by atoms with Crippen LogP contribution in [-0.4, -0.2) is 71.7 Å². The maximum atomic E-state index is 12.9. The van der Waals surface area contributed by atoms with Gasteiger partial charge in [0.15, 0.2) is 0 Å². The van der Waals surface area contributed by atoms with E-state index in [0.717, 1.165) is 38.3 Å². The summed E-state index contributed by atoms with van der Waals surface area (Å²) in [6, 6.07) is 4.12. The SMILES string of the molecule is CCC(COC(N)=O)Nc1ccc(C(=O)N2CCC(N3CCC[C@@H](C)C3)CC2)cn1. The van der Waals surface area contributed by atoms with E-state index < -0.39 is 6.09 Å². The van der Waals surface area contributed by atoms with E-state index in [1.54, 1.807) is 18.3 Å². The molecule has 0 aromatic carbocycles. The predicted octanol–water partition coefficient (Wildman–Crippen LogP) is 2.70. The molecule has 3 heterocycles. The number of piperidine rings is 2. The number of rotatable bonds is 7. The molecule has 2 aliphatic heterocycles. The third-order valence-electron chi connectivity index (χ3n) is 6.24. The highest BCUT2D eigenvalue weighted by atomic mass is 16.5. The highest BCUT2D eigenvalue weighted by Crippen LogP contribution is 2.24. The van der Waals surface area contributed by atoms with Gasteiger partial charge in [0.05, 0.1) is 11.6 Å². The fraction of sp³-hybridized carbons (Fsp3) is 0.682.